The van der Waals surface area contributed by atoms with E-state index in [9.17, 15) is 0 Å². The van der Waals surface area contributed by atoms with Crippen molar-refractivity contribution >= 4 is 28.8 Å². The predicted octanol–water partition coefficient (Wildman–Crippen LogP) is 4.94. The number of halogens is 2. The number of rotatable bonds is 1. The normalized spacial score (nSPS) is 19.0. The van der Waals surface area contributed by atoms with Gasteiger partial charge >= 0.3 is 0 Å². The Morgan fingerprint density at radius 3 is 2.52 bits per heavy atom. The van der Waals surface area contributed by atoms with Crippen LogP contribution in [0.2, 0.25) is 10.0 Å². The van der Waals surface area contributed by atoms with Crippen LogP contribution in [0.25, 0.3) is 5.57 Å². The smallest absolute Gasteiger partial charge is 0.130 e. The predicted molar refractivity (Wildman–Crippen MR) is 95.4 cm³/mol. The molecule has 1 N–H and O–H groups in total. The third kappa shape index (κ3) is 2.76. The van der Waals surface area contributed by atoms with Crippen LogP contribution in [0.5, 0.6) is 5.75 Å². The molecule has 0 radical (unpaired) electrons. The first kappa shape index (κ1) is 15.1. The molecule has 0 bridgehead atoms. The lowest BCUT2D eigenvalue weighted by Gasteiger charge is -2.40. The summed E-state index contributed by atoms with van der Waals surface area (Å²) < 4.78 is 6.39. The van der Waals surface area contributed by atoms with Crippen molar-refractivity contribution in [1.82, 2.24) is 5.32 Å². The first-order valence-corrected chi connectivity index (χ1v) is 8.60. The first-order valence-electron chi connectivity index (χ1n) is 7.84. The second-order valence-corrected chi connectivity index (χ2v) is 6.94. The van der Waals surface area contributed by atoms with Crippen LogP contribution in [-0.2, 0) is 0 Å². The Bertz CT molecular complexity index is 779. The molecule has 4 rings (SSSR count). The molecule has 23 heavy (non-hydrogen) atoms. The van der Waals surface area contributed by atoms with Gasteiger partial charge in [0.05, 0.1) is 0 Å². The molecule has 1 spiro atoms. The summed E-state index contributed by atoms with van der Waals surface area (Å²) in [5.74, 6) is 0.929. The Balaban J connectivity index is 1.89. The zero-order chi connectivity index (χ0) is 15.9. The lowest BCUT2D eigenvalue weighted by Crippen LogP contribution is -2.46. The minimum absolute atomic E-state index is 0.252. The Kier molecular flexibility index (Phi) is 3.84. The van der Waals surface area contributed by atoms with E-state index in [0.29, 0.717) is 10.0 Å². The Morgan fingerprint density at radius 1 is 0.957 bits per heavy atom. The van der Waals surface area contributed by atoms with Crippen molar-refractivity contribution < 1.29 is 4.74 Å². The molecule has 2 aliphatic heterocycles. The monoisotopic (exact) mass is 345 g/mol. The van der Waals surface area contributed by atoms with Gasteiger partial charge in [0.1, 0.15) is 11.4 Å². The van der Waals surface area contributed by atoms with Gasteiger partial charge in [0, 0.05) is 34.0 Å². The van der Waals surface area contributed by atoms with Crippen molar-refractivity contribution in [3.8, 4) is 5.75 Å². The molecule has 2 aromatic rings. The number of benzene rings is 2. The van der Waals surface area contributed by atoms with Gasteiger partial charge in [-0.25, -0.2) is 0 Å². The molecular weight excluding hydrogens is 329 g/mol. The quantitative estimate of drug-likeness (QED) is 0.790. The fraction of sp³-hybridized carbons (Fsp3) is 0.263. The van der Waals surface area contributed by atoms with Crippen LogP contribution in [0, 0.1) is 0 Å². The van der Waals surface area contributed by atoms with Gasteiger partial charge in [-0.2, -0.15) is 0 Å². The summed E-state index contributed by atoms with van der Waals surface area (Å²) in [4.78, 5) is 0. The molecule has 1 saturated heterocycles. The molecule has 0 atom stereocenters. The third-order valence-corrected chi connectivity index (χ3v) is 5.12. The molecule has 2 aromatic carbocycles. The summed E-state index contributed by atoms with van der Waals surface area (Å²) in [6.07, 6.45) is 4.16. The van der Waals surface area contributed by atoms with Crippen LogP contribution >= 0.6 is 23.2 Å². The molecule has 0 saturated carbocycles. The van der Waals surface area contributed by atoms with E-state index >= 15 is 0 Å². The number of hydrogen-bond donors (Lipinski definition) is 1. The van der Waals surface area contributed by atoms with Crippen LogP contribution in [0.4, 0.5) is 0 Å². The summed E-state index contributed by atoms with van der Waals surface area (Å²) in [5.41, 5.74) is 2.97. The van der Waals surface area contributed by atoms with Crippen molar-refractivity contribution in [2.24, 2.45) is 0 Å². The summed E-state index contributed by atoms with van der Waals surface area (Å²) in [5, 5.41) is 4.72. The first-order chi connectivity index (χ1) is 11.2. The average molecular weight is 346 g/mol. The van der Waals surface area contributed by atoms with Gasteiger partial charge in [-0.3, -0.25) is 0 Å². The van der Waals surface area contributed by atoms with Crippen LogP contribution < -0.4 is 10.1 Å². The Labute approximate surface area is 146 Å². The molecule has 118 valence electrons. The maximum Gasteiger partial charge on any atom is 0.130 e. The van der Waals surface area contributed by atoms with Gasteiger partial charge in [-0.05, 0) is 42.9 Å². The maximum absolute atomic E-state index is 6.48. The van der Waals surface area contributed by atoms with Gasteiger partial charge in [0.15, 0.2) is 0 Å². The number of ether oxygens (including phenoxy) is 1. The Hall–Kier alpha value is -1.48. The van der Waals surface area contributed by atoms with E-state index in [0.717, 1.165) is 48.4 Å². The topological polar surface area (TPSA) is 21.3 Å². The molecule has 2 aliphatic rings. The highest BCUT2D eigenvalue weighted by Gasteiger charge is 2.37. The Morgan fingerprint density at radius 2 is 1.74 bits per heavy atom. The lowest BCUT2D eigenvalue weighted by molar-refractivity contribution is 0.0817. The van der Waals surface area contributed by atoms with E-state index in [1.165, 1.54) is 0 Å². The summed E-state index contributed by atoms with van der Waals surface area (Å²) in [6, 6.07) is 13.8. The number of nitrogens with one attached hydrogen (secondary N) is 1. The van der Waals surface area contributed by atoms with E-state index in [1.807, 2.05) is 30.3 Å². The van der Waals surface area contributed by atoms with Crippen molar-refractivity contribution in [1.29, 1.82) is 0 Å². The van der Waals surface area contributed by atoms with E-state index in [-0.39, 0.29) is 5.60 Å². The van der Waals surface area contributed by atoms with E-state index in [2.05, 4.69) is 17.5 Å². The number of para-hydroxylation sites is 1. The minimum Gasteiger partial charge on any atom is -0.482 e. The van der Waals surface area contributed by atoms with Crippen LogP contribution in [0.1, 0.15) is 24.0 Å². The third-order valence-electron chi connectivity index (χ3n) is 4.57. The molecule has 1 fully saturated rings. The van der Waals surface area contributed by atoms with Gasteiger partial charge in [-0.15, -0.1) is 0 Å². The van der Waals surface area contributed by atoms with Crippen molar-refractivity contribution in [2.45, 2.75) is 18.4 Å². The zero-order valence-corrected chi connectivity index (χ0v) is 14.1. The molecule has 0 amide bonds. The molecule has 0 aliphatic carbocycles. The van der Waals surface area contributed by atoms with Gasteiger partial charge in [-0.1, -0.05) is 47.5 Å². The van der Waals surface area contributed by atoms with Crippen molar-refractivity contribution in [3.05, 3.63) is 69.7 Å². The lowest BCUT2D eigenvalue weighted by atomic mass is 9.83. The molecule has 2 nitrogen and oxygen atoms in total. The minimum atomic E-state index is -0.252. The summed E-state index contributed by atoms with van der Waals surface area (Å²) in [6.45, 7) is 1.92. The summed E-state index contributed by atoms with van der Waals surface area (Å²) >= 11 is 12.5. The zero-order valence-electron chi connectivity index (χ0n) is 12.6. The summed E-state index contributed by atoms with van der Waals surface area (Å²) in [7, 11) is 0. The highest BCUT2D eigenvalue weighted by molar-refractivity contribution is 6.35. The van der Waals surface area contributed by atoms with E-state index < -0.39 is 0 Å². The molecule has 0 unspecified atom stereocenters. The fourth-order valence-electron chi connectivity index (χ4n) is 3.39. The highest BCUT2D eigenvalue weighted by Crippen LogP contribution is 2.44. The molecule has 4 heteroatoms. The molecular formula is C19H17Cl2NO. The van der Waals surface area contributed by atoms with Crippen molar-refractivity contribution in [2.75, 3.05) is 13.1 Å². The van der Waals surface area contributed by atoms with E-state index in [4.69, 9.17) is 27.9 Å². The van der Waals surface area contributed by atoms with E-state index in [1.54, 1.807) is 6.07 Å². The van der Waals surface area contributed by atoms with Crippen LogP contribution in [0.3, 0.4) is 0 Å². The number of fused-ring (bicyclic) bond motifs is 1. The van der Waals surface area contributed by atoms with Gasteiger partial charge < -0.3 is 10.1 Å². The number of piperidine rings is 1. The fourth-order valence-corrected chi connectivity index (χ4v) is 3.90. The van der Waals surface area contributed by atoms with Crippen LogP contribution in [0.15, 0.2) is 48.5 Å². The van der Waals surface area contributed by atoms with Crippen molar-refractivity contribution in [3.63, 3.8) is 0 Å². The average Bonchev–Trinajstić information content (AvgIpc) is 2.55. The molecule has 2 heterocycles. The van der Waals surface area contributed by atoms with Gasteiger partial charge in [0.2, 0.25) is 0 Å². The number of hydrogen-bond acceptors (Lipinski definition) is 2. The standard InChI is InChI=1S/C19H17Cl2NO/c20-13-5-6-14(17(21)11-13)16-12-19(7-9-22-10-8-19)23-18-4-2-1-3-15(16)18/h1-6,11-12,22H,7-10H2. The molecule has 0 aromatic heterocycles. The largest absolute Gasteiger partial charge is 0.482 e. The highest BCUT2D eigenvalue weighted by atomic mass is 35.5. The van der Waals surface area contributed by atoms with Crippen LogP contribution in [-0.4, -0.2) is 18.7 Å². The second-order valence-electron chi connectivity index (χ2n) is 6.10. The SMILES string of the molecule is Clc1ccc(C2=CC3(CCNCC3)Oc3ccccc32)c(Cl)c1. The second kappa shape index (κ2) is 5.86. The maximum atomic E-state index is 6.48. The van der Waals surface area contributed by atoms with Gasteiger partial charge in [0.25, 0.3) is 0 Å².